The highest BCUT2D eigenvalue weighted by Gasteiger charge is 2.22. The van der Waals surface area contributed by atoms with E-state index >= 15 is 0 Å². The van der Waals surface area contributed by atoms with Crippen molar-refractivity contribution in [2.75, 3.05) is 5.43 Å². The topological polar surface area (TPSA) is 71.3 Å². The van der Waals surface area contributed by atoms with Crippen LogP contribution in [0, 0.1) is 6.92 Å². The molecule has 0 aliphatic heterocycles. The second-order valence-corrected chi connectivity index (χ2v) is 9.53. The number of benzene rings is 2. The van der Waals surface area contributed by atoms with Gasteiger partial charge in [-0.15, -0.1) is 11.3 Å². The van der Waals surface area contributed by atoms with Gasteiger partial charge in [0.25, 0.3) is 5.91 Å². The number of carboxylic acids is 1. The van der Waals surface area contributed by atoms with E-state index in [1.54, 1.807) is 16.8 Å². The van der Waals surface area contributed by atoms with E-state index < -0.39 is 11.9 Å². The van der Waals surface area contributed by atoms with Crippen LogP contribution in [0.2, 0.25) is 15.1 Å². The third kappa shape index (κ3) is 4.50. The van der Waals surface area contributed by atoms with Crippen LogP contribution in [0.15, 0.2) is 48.5 Å². The fourth-order valence-corrected chi connectivity index (χ4v) is 5.67. The van der Waals surface area contributed by atoms with E-state index in [4.69, 9.17) is 39.9 Å². The molecule has 0 saturated heterocycles. The van der Waals surface area contributed by atoms with Crippen LogP contribution in [0.25, 0.3) is 21.3 Å². The molecule has 2 aromatic carbocycles. The third-order valence-corrected chi connectivity index (χ3v) is 7.12. The zero-order valence-corrected chi connectivity index (χ0v) is 19.9. The Morgan fingerprint density at radius 2 is 1.78 bits per heavy atom. The number of nitrogens with one attached hydrogen (secondary N) is 1. The van der Waals surface area contributed by atoms with Gasteiger partial charge in [0.05, 0.1) is 22.2 Å². The number of fused-ring (bicyclic) bond motifs is 1. The number of thiophene rings is 1. The van der Waals surface area contributed by atoms with Gasteiger partial charge in [-0.05, 0) is 31.2 Å². The van der Waals surface area contributed by atoms with Crippen LogP contribution in [0.3, 0.4) is 0 Å². The second kappa shape index (κ2) is 9.16. The molecule has 1 amide bonds. The lowest BCUT2D eigenvalue weighted by molar-refractivity contribution is -0.136. The van der Waals surface area contributed by atoms with Gasteiger partial charge >= 0.3 is 5.97 Å². The maximum atomic E-state index is 13.2. The zero-order chi connectivity index (χ0) is 23.0. The maximum Gasteiger partial charge on any atom is 0.303 e. The number of aromatic nitrogens is 1. The largest absolute Gasteiger partial charge is 0.481 e. The van der Waals surface area contributed by atoms with Crippen LogP contribution in [0.5, 0.6) is 0 Å². The first-order chi connectivity index (χ1) is 15.2. The Balaban J connectivity index is 1.74. The summed E-state index contributed by atoms with van der Waals surface area (Å²) in [6, 6.07) is 14.8. The summed E-state index contributed by atoms with van der Waals surface area (Å²) in [7, 11) is 0. The van der Waals surface area contributed by atoms with E-state index in [0.29, 0.717) is 30.7 Å². The zero-order valence-electron chi connectivity index (χ0n) is 16.8. The van der Waals surface area contributed by atoms with E-state index in [1.165, 1.54) is 11.3 Å². The molecule has 0 aliphatic rings. The van der Waals surface area contributed by atoms with Crippen molar-refractivity contribution in [1.82, 2.24) is 4.68 Å². The van der Waals surface area contributed by atoms with Crippen LogP contribution in [0.1, 0.15) is 27.3 Å². The first-order valence-corrected chi connectivity index (χ1v) is 11.6. The summed E-state index contributed by atoms with van der Waals surface area (Å²) in [4.78, 5) is 24.6. The Morgan fingerprint density at radius 1 is 1.06 bits per heavy atom. The molecule has 0 atom stereocenters. The molecule has 9 heteroatoms. The quantitative estimate of drug-likeness (QED) is 0.294. The molecule has 4 aromatic rings. The van der Waals surface area contributed by atoms with Crippen molar-refractivity contribution in [1.29, 1.82) is 0 Å². The molecule has 4 rings (SSSR count). The van der Waals surface area contributed by atoms with Crippen LogP contribution < -0.4 is 5.43 Å². The predicted molar refractivity (Wildman–Crippen MR) is 131 cm³/mol. The number of amides is 1. The molecule has 2 N–H and O–H groups in total. The summed E-state index contributed by atoms with van der Waals surface area (Å²) in [6.45, 7) is 1.99. The Bertz CT molecular complexity index is 1340. The normalized spacial score (nSPS) is 11.1. The smallest absolute Gasteiger partial charge is 0.303 e. The van der Waals surface area contributed by atoms with Gasteiger partial charge in [0.15, 0.2) is 0 Å². The summed E-state index contributed by atoms with van der Waals surface area (Å²) in [5.74, 6) is -1.34. The molecule has 0 fully saturated rings. The number of carbonyl (C=O) groups excluding carboxylic acids is 1. The number of hydrogen-bond acceptors (Lipinski definition) is 3. The van der Waals surface area contributed by atoms with Crippen molar-refractivity contribution in [3.05, 3.63) is 79.7 Å². The number of rotatable bonds is 6. The number of carboxylic acid groups (broad SMARTS) is 1. The molecule has 0 radical (unpaired) electrons. The van der Waals surface area contributed by atoms with Gasteiger partial charge < -0.3 is 5.11 Å². The van der Waals surface area contributed by atoms with Crippen LogP contribution in [-0.2, 0) is 11.2 Å². The highest BCUT2D eigenvalue weighted by Crippen LogP contribution is 2.41. The van der Waals surface area contributed by atoms with E-state index in [2.05, 4.69) is 5.43 Å². The Labute approximate surface area is 203 Å². The van der Waals surface area contributed by atoms with Gasteiger partial charge in [-0.2, -0.15) is 0 Å². The lowest BCUT2D eigenvalue weighted by atomic mass is 10.1. The number of aryl methyl sites for hydroxylation is 2. The fourth-order valence-electron chi connectivity index (χ4n) is 3.40. The molecule has 2 aromatic heterocycles. The lowest BCUT2D eigenvalue weighted by Crippen LogP contribution is -2.25. The number of halogens is 3. The molecule has 164 valence electrons. The molecule has 0 saturated carbocycles. The molecule has 2 heterocycles. The highest BCUT2D eigenvalue weighted by atomic mass is 35.5. The number of nitrogens with zero attached hydrogens (tertiary/aromatic N) is 1. The van der Waals surface area contributed by atoms with Crippen molar-refractivity contribution in [3.8, 4) is 11.3 Å². The number of carbonyl (C=O) groups is 2. The fraction of sp³-hybridized carbons (Fsp3) is 0.130. The van der Waals surface area contributed by atoms with Gasteiger partial charge in [0.2, 0.25) is 0 Å². The van der Waals surface area contributed by atoms with Gasteiger partial charge in [-0.3, -0.25) is 19.7 Å². The highest BCUT2D eigenvalue weighted by molar-refractivity contribution is 7.21. The minimum absolute atomic E-state index is 0.0645. The Hall–Kier alpha value is -2.51. The second-order valence-electron chi connectivity index (χ2n) is 7.25. The van der Waals surface area contributed by atoms with E-state index in [9.17, 15) is 9.59 Å². The van der Waals surface area contributed by atoms with Crippen molar-refractivity contribution in [3.63, 3.8) is 0 Å². The molecular weight excluding hydrogens is 491 g/mol. The molecular formula is C23H17Cl3N2O3S. The van der Waals surface area contributed by atoms with Crippen molar-refractivity contribution < 1.29 is 14.7 Å². The van der Waals surface area contributed by atoms with Crippen molar-refractivity contribution in [2.24, 2.45) is 0 Å². The summed E-state index contributed by atoms with van der Waals surface area (Å²) >= 11 is 20.1. The summed E-state index contributed by atoms with van der Waals surface area (Å²) in [5, 5.41) is 10.8. The van der Waals surface area contributed by atoms with Gasteiger partial charge in [0.1, 0.15) is 4.88 Å². The molecule has 0 bridgehead atoms. The number of aliphatic carboxylic acids is 1. The molecule has 0 unspecified atom stereocenters. The monoisotopic (exact) mass is 506 g/mol. The van der Waals surface area contributed by atoms with Crippen LogP contribution >= 0.6 is 46.1 Å². The first-order valence-electron chi connectivity index (χ1n) is 9.62. The minimum Gasteiger partial charge on any atom is -0.481 e. The molecule has 0 aliphatic carbocycles. The minimum atomic E-state index is -0.917. The van der Waals surface area contributed by atoms with E-state index in [1.807, 2.05) is 43.3 Å². The standard InChI is InChI=1S/C23H17Cl3N2O3S/c1-12-2-4-13(5-3-12)17-8-6-15(7-9-19(29)30)28(17)27-23(31)22-21(26)20-16(25)10-14(24)11-18(20)32-22/h2-6,8,10-11H,7,9H2,1H3,(H,27,31)(H,29,30). The first kappa shape index (κ1) is 22.7. The molecule has 5 nitrogen and oxygen atoms in total. The Kier molecular flexibility index (Phi) is 6.49. The summed E-state index contributed by atoms with van der Waals surface area (Å²) in [6.07, 6.45) is 0.189. The van der Waals surface area contributed by atoms with Crippen molar-refractivity contribution in [2.45, 2.75) is 19.8 Å². The van der Waals surface area contributed by atoms with Crippen molar-refractivity contribution >= 4 is 68.1 Å². The average Bonchev–Trinajstić information content (AvgIpc) is 3.27. The average molecular weight is 508 g/mol. The number of hydrogen-bond donors (Lipinski definition) is 2. The van der Waals surface area contributed by atoms with Gasteiger partial charge in [-0.1, -0.05) is 64.6 Å². The van der Waals surface area contributed by atoms with E-state index in [-0.39, 0.29) is 17.9 Å². The van der Waals surface area contributed by atoms with Gasteiger partial charge in [-0.25, -0.2) is 0 Å². The Morgan fingerprint density at radius 3 is 2.47 bits per heavy atom. The predicted octanol–water partition coefficient (Wildman–Crippen LogP) is 7.04. The third-order valence-electron chi connectivity index (χ3n) is 4.97. The van der Waals surface area contributed by atoms with Gasteiger partial charge in [0, 0.05) is 32.8 Å². The van der Waals surface area contributed by atoms with Crippen LogP contribution in [-0.4, -0.2) is 21.7 Å². The molecule has 32 heavy (non-hydrogen) atoms. The summed E-state index contributed by atoms with van der Waals surface area (Å²) < 4.78 is 2.32. The summed E-state index contributed by atoms with van der Waals surface area (Å²) in [5.41, 5.74) is 6.27. The SMILES string of the molecule is Cc1ccc(-c2ccc(CCC(=O)O)n2NC(=O)c2sc3cc(Cl)cc(Cl)c3c2Cl)cc1. The van der Waals surface area contributed by atoms with E-state index in [0.717, 1.165) is 16.8 Å². The lowest BCUT2D eigenvalue weighted by Gasteiger charge is -2.15. The molecule has 0 spiro atoms. The maximum absolute atomic E-state index is 13.2. The van der Waals surface area contributed by atoms with Crippen LogP contribution in [0.4, 0.5) is 0 Å².